The molecule has 0 unspecified atom stereocenters. The van der Waals surface area contributed by atoms with Crippen LogP contribution in [0.1, 0.15) is 26.2 Å². The Morgan fingerprint density at radius 1 is 1.23 bits per heavy atom. The van der Waals surface area contributed by atoms with Crippen LogP contribution in [0.4, 0.5) is 4.79 Å². The second-order valence-electron chi connectivity index (χ2n) is 5.39. The molecule has 0 aromatic heterocycles. The molecule has 22 heavy (non-hydrogen) atoms. The average Bonchev–Trinajstić information content (AvgIpc) is 2.54. The molecule has 1 saturated heterocycles. The number of rotatable bonds is 5. The number of nitrogens with zero attached hydrogens (tertiary/aromatic N) is 1. The summed E-state index contributed by atoms with van der Waals surface area (Å²) in [5, 5.41) is 5.66. The van der Waals surface area contributed by atoms with Gasteiger partial charge in [0.05, 0.1) is 4.90 Å². The summed E-state index contributed by atoms with van der Waals surface area (Å²) in [6.45, 7) is 3.49. The molecule has 1 heterocycles. The standard InChI is InChI=1S/C15H23N3O3S/c1-2-10-16-15(19)17-13-8-11-18(12-9-13)22(20,21)14-6-4-3-5-7-14/h3-7,13H,2,8-12H2,1H3,(H2,16,17,19). The van der Waals surface area contributed by atoms with E-state index in [1.165, 1.54) is 4.31 Å². The van der Waals surface area contributed by atoms with Crippen LogP contribution in [-0.2, 0) is 10.0 Å². The molecule has 2 rings (SSSR count). The van der Waals surface area contributed by atoms with E-state index in [0.717, 1.165) is 6.42 Å². The summed E-state index contributed by atoms with van der Waals surface area (Å²) in [7, 11) is -3.42. The second kappa shape index (κ2) is 7.60. The summed E-state index contributed by atoms with van der Waals surface area (Å²) in [5.74, 6) is 0. The minimum Gasteiger partial charge on any atom is -0.338 e. The van der Waals surface area contributed by atoms with Crippen molar-refractivity contribution in [2.24, 2.45) is 0 Å². The predicted molar refractivity (Wildman–Crippen MR) is 85.0 cm³/mol. The molecule has 6 nitrogen and oxygen atoms in total. The third-order valence-corrected chi connectivity index (χ3v) is 5.62. The van der Waals surface area contributed by atoms with E-state index in [9.17, 15) is 13.2 Å². The van der Waals surface area contributed by atoms with Crippen LogP contribution in [0.25, 0.3) is 0 Å². The van der Waals surface area contributed by atoms with Crippen LogP contribution in [0.2, 0.25) is 0 Å². The first-order valence-corrected chi connectivity index (χ1v) is 9.07. The van der Waals surface area contributed by atoms with Crippen LogP contribution in [0.3, 0.4) is 0 Å². The summed E-state index contributed by atoms with van der Waals surface area (Å²) in [6, 6.07) is 8.31. The number of piperidine rings is 1. The normalized spacial score (nSPS) is 17.1. The quantitative estimate of drug-likeness (QED) is 0.862. The Morgan fingerprint density at radius 2 is 1.86 bits per heavy atom. The Morgan fingerprint density at radius 3 is 2.45 bits per heavy atom. The van der Waals surface area contributed by atoms with Crippen molar-refractivity contribution in [1.82, 2.24) is 14.9 Å². The molecule has 1 aliphatic rings. The van der Waals surface area contributed by atoms with Gasteiger partial charge < -0.3 is 10.6 Å². The summed E-state index contributed by atoms with van der Waals surface area (Å²) < 4.78 is 26.5. The summed E-state index contributed by atoms with van der Waals surface area (Å²) in [6.07, 6.45) is 2.15. The molecule has 0 bridgehead atoms. The molecule has 0 spiro atoms. The summed E-state index contributed by atoms with van der Waals surface area (Å²) in [4.78, 5) is 11.9. The third-order valence-electron chi connectivity index (χ3n) is 3.71. The van der Waals surface area contributed by atoms with E-state index in [4.69, 9.17) is 0 Å². The van der Waals surface area contributed by atoms with Crippen molar-refractivity contribution in [2.75, 3.05) is 19.6 Å². The van der Waals surface area contributed by atoms with E-state index in [1.54, 1.807) is 30.3 Å². The Kier molecular flexibility index (Phi) is 5.79. The molecule has 1 aromatic carbocycles. The molecule has 1 fully saturated rings. The van der Waals surface area contributed by atoms with Gasteiger partial charge in [0.15, 0.2) is 0 Å². The van der Waals surface area contributed by atoms with Crippen molar-refractivity contribution >= 4 is 16.1 Å². The predicted octanol–water partition coefficient (Wildman–Crippen LogP) is 1.55. The van der Waals surface area contributed by atoms with Crippen molar-refractivity contribution in [3.8, 4) is 0 Å². The number of urea groups is 1. The first-order valence-electron chi connectivity index (χ1n) is 7.63. The van der Waals surface area contributed by atoms with Gasteiger partial charge in [-0.25, -0.2) is 13.2 Å². The van der Waals surface area contributed by atoms with Crippen molar-refractivity contribution in [2.45, 2.75) is 37.1 Å². The lowest BCUT2D eigenvalue weighted by molar-refractivity contribution is 0.227. The minimum absolute atomic E-state index is 0.0269. The van der Waals surface area contributed by atoms with Crippen LogP contribution in [0.15, 0.2) is 35.2 Å². The molecule has 0 aliphatic carbocycles. The lowest BCUT2D eigenvalue weighted by Crippen LogP contribution is -2.49. The summed E-state index contributed by atoms with van der Waals surface area (Å²) >= 11 is 0. The smallest absolute Gasteiger partial charge is 0.315 e. The monoisotopic (exact) mass is 325 g/mol. The highest BCUT2D eigenvalue weighted by Gasteiger charge is 2.29. The lowest BCUT2D eigenvalue weighted by atomic mass is 10.1. The molecule has 0 saturated carbocycles. The van der Waals surface area contributed by atoms with Crippen LogP contribution < -0.4 is 10.6 Å². The van der Waals surface area contributed by atoms with Gasteiger partial charge in [-0.3, -0.25) is 0 Å². The number of nitrogens with one attached hydrogen (secondary N) is 2. The van der Waals surface area contributed by atoms with Gasteiger partial charge in [-0.1, -0.05) is 25.1 Å². The Labute approximate surface area is 131 Å². The highest BCUT2D eigenvalue weighted by atomic mass is 32.2. The first-order chi connectivity index (χ1) is 10.5. The van der Waals surface area contributed by atoms with E-state index in [2.05, 4.69) is 10.6 Å². The number of sulfonamides is 1. The zero-order chi connectivity index (χ0) is 16.0. The van der Waals surface area contributed by atoms with Crippen molar-refractivity contribution in [3.05, 3.63) is 30.3 Å². The van der Waals surface area contributed by atoms with Gasteiger partial charge in [0.25, 0.3) is 0 Å². The summed E-state index contributed by atoms with van der Waals surface area (Å²) in [5.41, 5.74) is 0. The van der Waals surface area contributed by atoms with Gasteiger partial charge in [0.1, 0.15) is 0 Å². The Bertz CT molecular complexity index is 581. The van der Waals surface area contributed by atoms with Crippen LogP contribution in [0.5, 0.6) is 0 Å². The van der Waals surface area contributed by atoms with Gasteiger partial charge in [0, 0.05) is 25.7 Å². The molecule has 2 amide bonds. The van der Waals surface area contributed by atoms with Gasteiger partial charge in [-0.05, 0) is 31.4 Å². The average molecular weight is 325 g/mol. The van der Waals surface area contributed by atoms with E-state index < -0.39 is 10.0 Å². The molecule has 122 valence electrons. The van der Waals surface area contributed by atoms with E-state index in [-0.39, 0.29) is 12.1 Å². The number of benzene rings is 1. The lowest BCUT2D eigenvalue weighted by Gasteiger charge is -2.31. The van der Waals surface area contributed by atoms with Crippen molar-refractivity contribution < 1.29 is 13.2 Å². The fourth-order valence-corrected chi connectivity index (χ4v) is 3.95. The zero-order valence-corrected chi connectivity index (χ0v) is 13.6. The number of carbonyl (C=O) groups is 1. The number of hydrogen-bond acceptors (Lipinski definition) is 3. The molecule has 1 aromatic rings. The molecule has 0 atom stereocenters. The fourth-order valence-electron chi connectivity index (χ4n) is 2.46. The van der Waals surface area contributed by atoms with E-state index in [0.29, 0.717) is 37.4 Å². The van der Waals surface area contributed by atoms with Crippen LogP contribution in [-0.4, -0.2) is 44.4 Å². The molecular weight excluding hydrogens is 302 g/mol. The molecular formula is C15H23N3O3S. The topological polar surface area (TPSA) is 78.5 Å². The number of amides is 2. The van der Waals surface area contributed by atoms with Gasteiger partial charge in [-0.15, -0.1) is 0 Å². The van der Waals surface area contributed by atoms with Crippen molar-refractivity contribution in [1.29, 1.82) is 0 Å². The van der Waals surface area contributed by atoms with Gasteiger partial charge in [-0.2, -0.15) is 4.31 Å². The van der Waals surface area contributed by atoms with Crippen LogP contribution >= 0.6 is 0 Å². The Hall–Kier alpha value is -1.60. The van der Waals surface area contributed by atoms with Gasteiger partial charge >= 0.3 is 6.03 Å². The SMILES string of the molecule is CCCNC(=O)NC1CCN(S(=O)(=O)c2ccccc2)CC1. The van der Waals surface area contributed by atoms with Crippen LogP contribution in [0, 0.1) is 0 Å². The van der Waals surface area contributed by atoms with Gasteiger partial charge in [0.2, 0.25) is 10.0 Å². The molecule has 7 heteroatoms. The zero-order valence-electron chi connectivity index (χ0n) is 12.8. The third kappa shape index (κ3) is 4.20. The van der Waals surface area contributed by atoms with E-state index >= 15 is 0 Å². The van der Waals surface area contributed by atoms with Crippen molar-refractivity contribution in [3.63, 3.8) is 0 Å². The number of carbonyl (C=O) groups excluding carboxylic acids is 1. The molecule has 1 aliphatic heterocycles. The Balaban J connectivity index is 1.88. The maximum atomic E-state index is 12.5. The fraction of sp³-hybridized carbons (Fsp3) is 0.533. The first kappa shape index (κ1) is 16.8. The van der Waals surface area contributed by atoms with E-state index in [1.807, 2.05) is 6.92 Å². The largest absolute Gasteiger partial charge is 0.338 e. The maximum absolute atomic E-state index is 12.5. The maximum Gasteiger partial charge on any atom is 0.315 e. The highest BCUT2D eigenvalue weighted by molar-refractivity contribution is 7.89. The highest BCUT2D eigenvalue weighted by Crippen LogP contribution is 2.20. The second-order valence-corrected chi connectivity index (χ2v) is 7.33. The number of hydrogen-bond donors (Lipinski definition) is 2. The molecule has 2 N–H and O–H groups in total. The minimum atomic E-state index is -3.42. The molecule has 0 radical (unpaired) electrons.